The lowest BCUT2D eigenvalue weighted by molar-refractivity contribution is -0.116. The average Bonchev–Trinajstić information content (AvgIpc) is 3.04. The van der Waals surface area contributed by atoms with Crippen molar-refractivity contribution in [1.29, 1.82) is 0 Å². The Hall–Kier alpha value is -2.73. The number of nitrogens with one attached hydrogen (secondary N) is 2. The number of H-pyrrole nitrogens is 1. The zero-order valence-electron chi connectivity index (χ0n) is 14.3. The average molecular weight is 323 g/mol. The van der Waals surface area contributed by atoms with Crippen LogP contribution in [-0.4, -0.2) is 40.6 Å². The number of rotatable bonds is 4. The van der Waals surface area contributed by atoms with Gasteiger partial charge in [-0.15, -0.1) is 0 Å². The molecule has 0 bridgehead atoms. The maximum Gasteiger partial charge on any atom is 0.273 e. The first-order valence-corrected chi connectivity index (χ1v) is 7.80. The van der Waals surface area contributed by atoms with Gasteiger partial charge >= 0.3 is 0 Å². The third kappa shape index (κ3) is 3.00. The number of aryl methyl sites for hydroxylation is 1. The van der Waals surface area contributed by atoms with Gasteiger partial charge in [-0.05, 0) is 57.3 Å². The molecule has 1 aliphatic heterocycles. The number of carbonyl (C=O) groups excluding carboxylic acids is 1. The van der Waals surface area contributed by atoms with Crippen LogP contribution in [0.15, 0.2) is 35.2 Å². The molecule has 24 heavy (non-hydrogen) atoms. The lowest BCUT2D eigenvalue weighted by Gasteiger charge is -2.10. The number of aromatic amines is 1. The highest BCUT2D eigenvalue weighted by atomic mass is 16.2. The number of nitrogens with zero attached hydrogens (tertiary/aromatic N) is 3. The van der Waals surface area contributed by atoms with E-state index in [4.69, 9.17) is 0 Å². The van der Waals surface area contributed by atoms with Crippen LogP contribution < -0.4 is 5.43 Å². The topological polar surface area (TPSA) is 73.4 Å². The van der Waals surface area contributed by atoms with E-state index in [0.717, 1.165) is 29.1 Å². The number of hydrazone groups is 1. The first-order chi connectivity index (χ1) is 11.5. The van der Waals surface area contributed by atoms with Crippen molar-refractivity contribution >= 4 is 17.7 Å². The third-order valence-electron chi connectivity index (χ3n) is 4.10. The lowest BCUT2D eigenvalue weighted by Crippen LogP contribution is -2.13. The standard InChI is InChI=1S/C18H21N5O/c1-11-15(10-23(3)4)12(2)20-16(11)8-14-17(21-22-18(14)24)13-6-5-7-19-9-13/h5-9,20H,10H2,1-4H3,(H,22,24)/b14-8+. The maximum absolute atomic E-state index is 12.2. The van der Waals surface area contributed by atoms with E-state index in [1.165, 1.54) is 5.56 Å². The quantitative estimate of drug-likeness (QED) is 0.845. The zero-order valence-corrected chi connectivity index (χ0v) is 14.3. The van der Waals surface area contributed by atoms with Crippen LogP contribution in [0.5, 0.6) is 0 Å². The van der Waals surface area contributed by atoms with E-state index in [1.807, 2.05) is 32.3 Å². The van der Waals surface area contributed by atoms with Crippen molar-refractivity contribution in [3.8, 4) is 0 Å². The third-order valence-corrected chi connectivity index (χ3v) is 4.10. The lowest BCUT2D eigenvalue weighted by atomic mass is 10.0. The Balaban J connectivity index is 2.01. The number of hydrogen-bond donors (Lipinski definition) is 2. The van der Waals surface area contributed by atoms with Gasteiger partial charge in [0.15, 0.2) is 0 Å². The molecule has 0 fully saturated rings. The van der Waals surface area contributed by atoms with Crippen molar-refractivity contribution < 1.29 is 4.79 Å². The number of hydrogen-bond acceptors (Lipinski definition) is 4. The van der Waals surface area contributed by atoms with E-state index >= 15 is 0 Å². The molecule has 1 aliphatic rings. The summed E-state index contributed by atoms with van der Waals surface area (Å²) < 4.78 is 0. The van der Waals surface area contributed by atoms with Gasteiger partial charge in [0.25, 0.3) is 5.91 Å². The Morgan fingerprint density at radius 2 is 2.08 bits per heavy atom. The second kappa shape index (κ2) is 6.41. The van der Waals surface area contributed by atoms with Crippen LogP contribution in [0.3, 0.4) is 0 Å². The molecule has 1 amide bonds. The molecule has 2 aromatic heterocycles. The minimum absolute atomic E-state index is 0.199. The summed E-state index contributed by atoms with van der Waals surface area (Å²) >= 11 is 0. The predicted octanol–water partition coefficient (Wildman–Crippen LogP) is 2.01. The predicted molar refractivity (Wildman–Crippen MR) is 94.6 cm³/mol. The zero-order chi connectivity index (χ0) is 17.3. The molecule has 0 aromatic carbocycles. The summed E-state index contributed by atoms with van der Waals surface area (Å²) in [6, 6.07) is 3.72. The molecule has 6 nitrogen and oxygen atoms in total. The van der Waals surface area contributed by atoms with Gasteiger partial charge in [-0.1, -0.05) is 0 Å². The molecule has 0 radical (unpaired) electrons. The van der Waals surface area contributed by atoms with Crippen molar-refractivity contribution in [2.75, 3.05) is 14.1 Å². The molecule has 0 atom stereocenters. The largest absolute Gasteiger partial charge is 0.359 e. The molecule has 2 N–H and O–H groups in total. The maximum atomic E-state index is 12.2. The summed E-state index contributed by atoms with van der Waals surface area (Å²) in [6.45, 7) is 4.98. The van der Waals surface area contributed by atoms with Gasteiger partial charge in [-0.2, -0.15) is 5.10 Å². The van der Waals surface area contributed by atoms with E-state index in [-0.39, 0.29) is 5.91 Å². The molecule has 6 heteroatoms. The van der Waals surface area contributed by atoms with E-state index in [1.54, 1.807) is 12.4 Å². The van der Waals surface area contributed by atoms with E-state index in [0.29, 0.717) is 11.3 Å². The molecule has 0 spiro atoms. The van der Waals surface area contributed by atoms with Gasteiger partial charge in [0, 0.05) is 35.9 Å². The van der Waals surface area contributed by atoms with Crippen LogP contribution in [0, 0.1) is 13.8 Å². The highest BCUT2D eigenvalue weighted by Crippen LogP contribution is 2.23. The fourth-order valence-electron chi connectivity index (χ4n) is 2.85. The van der Waals surface area contributed by atoms with Crippen molar-refractivity contribution in [2.24, 2.45) is 5.10 Å². The molecule has 3 heterocycles. The fraction of sp³-hybridized carbons (Fsp3) is 0.278. The van der Waals surface area contributed by atoms with Gasteiger partial charge in [0.2, 0.25) is 0 Å². The van der Waals surface area contributed by atoms with Crippen molar-refractivity contribution in [2.45, 2.75) is 20.4 Å². The number of carbonyl (C=O) groups is 1. The molecule has 0 aliphatic carbocycles. The minimum Gasteiger partial charge on any atom is -0.359 e. The smallest absolute Gasteiger partial charge is 0.273 e. The van der Waals surface area contributed by atoms with Gasteiger partial charge in [-0.25, -0.2) is 5.43 Å². The summed E-state index contributed by atoms with van der Waals surface area (Å²) in [4.78, 5) is 21.8. The molecular weight excluding hydrogens is 302 g/mol. The monoisotopic (exact) mass is 323 g/mol. The van der Waals surface area contributed by atoms with Crippen LogP contribution in [0.25, 0.3) is 6.08 Å². The molecule has 124 valence electrons. The highest BCUT2D eigenvalue weighted by Gasteiger charge is 2.25. The summed E-state index contributed by atoms with van der Waals surface area (Å²) in [5.74, 6) is -0.199. The Morgan fingerprint density at radius 1 is 1.29 bits per heavy atom. The van der Waals surface area contributed by atoms with Gasteiger partial charge in [0.1, 0.15) is 5.71 Å². The normalized spacial score (nSPS) is 16.0. The molecule has 0 saturated carbocycles. The summed E-state index contributed by atoms with van der Waals surface area (Å²) in [5, 5.41) is 4.16. The molecule has 0 saturated heterocycles. The van der Waals surface area contributed by atoms with Crippen LogP contribution >= 0.6 is 0 Å². The molecule has 0 unspecified atom stereocenters. The number of amides is 1. The second-order valence-corrected chi connectivity index (χ2v) is 6.21. The SMILES string of the molecule is Cc1[nH]c(/C=C2/C(=O)NN=C2c2cccnc2)c(C)c1CN(C)C. The Morgan fingerprint density at radius 3 is 2.75 bits per heavy atom. The summed E-state index contributed by atoms with van der Waals surface area (Å²) in [7, 11) is 4.09. The van der Waals surface area contributed by atoms with E-state index < -0.39 is 0 Å². The van der Waals surface area contributed by atoms with Crippen molar-refractivity contribution in [3.63, 3.8) is 0 Å². The first kappa shape index (κ1) is 16.1. The Bertz CT molecular complexity index is 831. The summed E-state index contributed by atoms with van der Waals surface area (Å²) in [5.41, 5.74) is 8.98. The van der Waals surface area contributed by atoms with Crippen molar-refractivity contribution in [1.82, 2.24) is 20.3 Å². The van der Waals surface area contributed by atoms with Crippen LogP contribution in [0.4, 0.5) is 0 Å². The van der Waals surface area contributed by atoms with Crippen molar-refractivity contribution in [3.05, 3.63) is 58.2 Å². The van der Waals surface area contributed by atoms with Crippen LogP contribution in [-0.2, 0) is 11.3 Å². The van der Waals surface area contributed by atoms with Gasteiger partial charge in [-0.3, -0.25) is 9.78 Å². The van der Waals surface area contributed by atoms with Gasteiger partial charge < -0.3 is 9.88 Å². The van der Waals surface area contributed by atoms with E-state index in [2.05, 4.69) is 39.2 Å². The Labute approximate surface area is 141 Å². The molecular formula is C18H21N5O. The second-order valence-electron chi connectivity index (χ2n) is 6.21. The number of aromatic nitrogens is 2. The Kier molecular flexibility index (Phi) is 4.31. The van der Waals surface area contributed by atoms with Gasteiger partial charge in [0.05, 0.1) is 5.57 Å². The molecule has 2 aromatic rings. The minimum atomic E-state index is -0.199. The summed E-state index contributed by atoms with van der Waals surface area (Å²) in [6.07, 6.45) is 5.27. The van der Waals surface area contributed by atoms with Crippen LogP contribution in [0.2, 0.25) is 0 Å². The highest BCUT2D eigenvalue weighted by molar-refractivity contribution is 6.33. The van der Waals surface area contributed by atoms with Crippen LogP contribution in [0.1, 0.15) is 28.1 Å². The molecule has 3 rings (SSSR count). The number of pyridine rings is 1. The first-order valence-electron chi connectivity index (χ1n) is 7.80. The fourth-order valence-corrected chi connectivity index (χ4v) is 2.85. The van der Waals surface area contributed by atoms with E-state index in [9.17, 15) is 4.79 Å².